The minimum absolute atomic E-state index is 0.352. The van der Waals surface area contributed by atoms with E-state index >= 15 is 0 Å². The third-order valence-corrected chi connectivity index (χ3v) is 6.19. The van der Waals surface area contributed by atoms with E-state index in [1.54, 1.807) is 4.90 Å². The molecule has 0 spiro atoms. The second kappa shape index (κ2) is 17.8. The molecule has 2 saturated heterocycles. The van der Waals surface area contributed by atoms with Gasteiger partial charge in [-0.3, -0.25) is 4.48 Å². The Morgan fingerprint density at radius 2 is 1.49 bits per heavy atom. The summed E-state index contributed by atoms with van der Waals surface area (Å²) in [4.78, 5) is 1.69. The molecule has 0 saturated carbocycles. The molecule has 0 aromatic carbocycles. The second-order valence-corrected chi connectivity index (χ2v) is 8.74. The van der Waals surface area contributed by atoms with Crippen molar-refractivity contribution in [3.8, 4) is 0 Å². The fourth-order valence-electron chi connectivity index (χ4n) is 4.33. The maximum Gasteiger partial charge on any atom is 0.673 e. The van der Waals surface area contributed by atoms with Gasteiger partial charge in [0.15, 0.2) is 6.23 Å². The maximum absolute atomic E-state index is 9.75. The van der Waals surface area contributed by atoms with Crippen molar-refractivity contribution < 1.29 is 58.1 Å². The summed E-state index contributed by atoms with van der Waals surface area (Å²) in [5.74, 6) is 0. The van der Waals surface area contributed by atoms with Crippen LogP contribution in [0.5, 0.6) is 0 Å². The summed E-state index contributed by atoms with van der Waals surface area (Å²) >= 11 is 0. The lowest BCUT2D eigenvalue weighted by Crippen LogP contribution is -3.14. The molecule has 15 heteroatoms. The Labute approximate surface area is 204 Å². The van der Waals surface area contributed by atoms with E-state index in [4.69, 9.17) is 14.2 Å². The Kier molecular flexibility index (Phi) is 17.4. The molecule has 0 aromatic heterocycles. The van der Waals surface area contributed by atoms with Gasteiger partial charge in [0, 0.05) is 6.42 Å². The number of hydrogen-bond donors (Lipinski definition) is 1. The highest BCUT2D eigenvalue weighted by Crippen LogP contribution is 2.22. The van der Waals surface area contributed by atoms with Gasteiger partial charge in [-0.15, -0.1) is 0 Å². The molecule has 0 radical (unpaired) electrons. The van der Waals surface area contributed by atoms with Crippen LogP contribution in [-0.2, 0) is 14.2 Å². The largest absolute Gasteiger partial charge is 0.673 e. The van der Waals surface area contributed by atoms with Gasteiger partial charge in [0.05, 0.1) is 39.5 Å². The monoisotopic (exact) mass is 532 g/mol. The number of morpholine rings is 2. The summed E-state index contributed by atoms with van der Waals surface area (Å²) in [6.07, 6.45) is 6.73. The van der Waals surface area contributed by atoms with E-state index in [9.17, 15) is 34.5 Å². The summed E-state index contributed by atoms with van der Waals surface area (Å²) in [5, 5.41) is 0. The van der Waals surface area contributed by atoms with Crippen molar-refractivity contribution in [1.29, 1.82) is 0 Å². The first-order valence-electron chi connectivity index (χ1n) is 12.5. The topological polar surface area (TPSA) is 32.1 Å². The van der Waals surface area contributed by atoms with Crippen molar-refractivity contribution in [2.45, 2.75) is 65.2 Å². The SMILES string of the molecule is CCCC(OCCCCC1C[NH+](CC)CCO1)[N+]1(CC)CCOCC1.F[B-](F)(F)F.F[B-](F)(F)F. The van der Waals surface area contributed by atoms with Crippen LogP contribution in [0.2, 0.25) is 0 Å². The Hall–Kier alpha value is -0.630. The molecule has 0 amide bonds. The first-order valence-corrected chi connectivity index (χ1v) is 12.5. The van der Waals surface area contributed by atoms with E-state index in [-0.39, 0.29) is 0 Å². The third kappa shape index (κ3) is 19.2. The predicted molar refractivity (Wildman–Crippen MR) is 121 cm³/mol. The van der Waals surface area contributed by atoms with E-state index in [1.165, 1.54) is 38.9 Å². The zero-order valence-electron chi connectivity index (χ0n) is 21.1. The smallest absolute Gasteiger partial charge is 0.418 e. The van der Waals surface area contributed by atoms with Crippen LogP contribution in [0.25, 0.3) is 0 Å². The molecule has 2 rings (SSSR count). The number of likely N-dealkylation sites (N-methyl/N-ethyl adjacent to an activating group) is 2. The number of halogens is 8. The van der Waals surface area contributed by atoms with Crippen LogP contribution in [0, 0.1) is 0 Å². The first-order chi connectivity index (χ1) is 16.2. The lowest BCUT2D eigenvalue weighted by molar-refractivity contribution is -0.976. The van der Waals surface area contributed by atoms with Crippen molar-refractivity contribution in [2.24, 2.45) is 0 Å². The molecule has 1 N–H and O–H groups in total. The molecular weight excluding hydrogens is 490 g/mol. The van der Waals surface area contributed by atoms with Crippen LogP contribution in [0.1, 0.15) is 52.9 Å². The van der Waals surface area contributed by atoms with Crippen LogP contribution in [0.15, 0.2) is 0 Å². The molecule has 35 heavy (non-hydrogen) atoms. The van der Waals surface area contributed by atoms with Crippen molar-refractivity contribution >= 4 is 14.5 Å². The fraction of sp³-hybridized carbons (Fsp3) is 1.00. The average molecular weight is 532 g/mol. The van der Waals surface area contributed by atoms with Crippen LogP contribution < -0.4 is 4.90 Å². The van der Waals surface area contributed by atoms with E-state index < -0.39 is 14.5 Å². The van der Waals surface area contributed by atoms with Gasteiger partial charge >= 0.3 is 14.5 Å². The molecule has 2 fully saturated rings. The highest BCUT2D eigenvalue weighted by Gasteiger charge is 2.37. The molecule has 2 aliphatic rings. The number of unbranched alkanes of at least 4 members (excludes halogenated alkanes) is 1. The Balaban J connectivity index is 0.000000975. The van der Waals surface area contributed by atoms with Gasteiger partial charge in [-0.25, -0.2) is 0 Å². The number of nitrogens with zero attached hydrogens (tertiary/aromatic N) is 1. The molecular formula is C20H42B2F8N2O3. The van der Waals surface area contributed by atoms with Gasteiger partial charge in [0.2, 0.25) is 0 Å². The zero-order valence-corrected chi connectivity index (χ0v) is 21.1. The highest BCUT2D eigenvalue weighted by atomic mass is 19.5. The number of nitrogens with one attached hydrogen (secondary N) is 1. The van der Waals surface area contributed by atoms with Gasteiger partial charge in [-0.1, -0.05) is 6.92 Å². The van der Waals surface area contributed by atoms with E-state index in [2.05, 4.69) is 20.8 Å². The number of quaternary nitrogens is 2. The van der Waals surface area contributed by atoms with Gasteiger partial charge in [0.1, 0.15) is 32.3 Å². The summed E-state index contributed by atoms with van der Waals surface area (Å²) in [7, 11) is -12.0. The van der Waals surface area contributed by atoms with Crippen LogP contribution in [0.4, 0.5) is 34.5 Å². The van der Waals surface area contributed by atoms with E-state index in [0.717, 1.165) is 63.4 Å². The van der Waals surface area contributed by atoms with Crippen molar-refractivity contribution in [1.82, 2.24) is 0 Å². The highest BCUT2D eigenvalue weighted by molar-refractivity contribution is 6.50. The summed E-state index contributed by atoms with van der Waals surface area (Å²) in [5.41, 5.74) is 0. The third-order valence-electron chi connectivity index (χ3n) is 6.19. The van der Waals surface area contributed by atoms with Gasteiger partial charge in [-0.2, -0.15) is 0 Å². The van der Waals surface area contributed by atoms with E-state index in [1.807, 2.05) is 0 Å². The molecule has 0 aliphatic carbocycles. The second-order valence-electron chi connectivity index (χ2n) is 8.74. The summed E-state index contributed by atoms with van der Waals surface area (Å²) in [6, 6.07) is 0. The number of ether oxygens (including phenoxy) is 3. The minimum atomic E-state index is -6.00. The molecule has 5 nitrogen and oxygen atoms in total. The molecule has 2 aliphatic heterocycles. The zero-order chi connectivity index (χ0) is 27.0. The lowest BCUT2D eigenvalue weighted by atomic mass is 10.1. The summed E-state index contributed by atoms with van der Waals surface area (Å²) < 4.78 is 97.0. The molecule has 0 aromatic rings. The first kappa shape index (κ1) is 34.4. The van der Waals surface area contributed by atoms with Crippen molar-refractivity contribution in [3.63, 3.8) is 0 Å². The number of rotatable bonds is 11. The number of hydrogen-bond acceptors (Lipinski definition) is 3. The summed E-state index contributed by atoms with van der Waals surface area (Å²) in [6.45, 7) is 17.4. The standard InChI is InChI=1S/C20H41N2O3.2BF4/c1-4-9-20(22(6-3)12-16-23-17-13-22)25-14-8-7-10-19-18-21(5-2)11-15-24-19;2*2-1(3,4)5/h19-20H,4-18H2,1-3H3;;/q+1;2*-1/p+1. The molecule has 0 bridgehead atoms. The molecule has 2 heterocycles. The van der Waals surface area contributed by atoms with Crippen LogP contribution in [-0.4, -0.2) is 97.0 Å². The quantitative estimate of drug-likeness (QED) is 0.189. The molecule has 3 atom stereocenters. The maximum atomic E-state index is 9.75. The Morgan fingerprint density at radius 1 is 0.914 bits per heavy atom. The van der Waals surface area contributed by atoms with Crippen molar-refractivity contribution in [3.05, 3.63) is 0 Å². The Morgan fingerprint density at radius 3 is 1.97 bits per heavy atom. The lowest BCUT2D eigenvalue weighted by Gasteiger charge is -2.45. The van der Waals surface area contributed by atoms with E-state index in [0.29, 0.717) is 12.3 Å². The normalized spacial score (nSPS) is 23.4. The van der Waals surface area contributed by atoms with Gasteiger partial charge in [0.25, 0.3) is 0 Å². The molecule has 212 valence electrons. The van der Waals surface area contributed by atoms with Gasteiger partial charge in [-0.05, 0) is 39.5 Å². The van der Waals surface area contributed by atoms with Crippen molar-refractivity contribution in [2.75, 3.05) is 65.7 Å². The van der Waals surface area contributed by atoms with Gasteiger partial charge < -0.3 is 53.6 Å². The average Bonchev–Trinajstić information content (AvgIpc) is 2.76. The predicted octanol–water partition coefficient (Wildman–Crippen LogP) is 4.07. The fourth-order valence-corrected chi connectivity index (χ4v) is 4.33. The van der Waals surface area contributed by atoms with Crippen LogP contribution in [0.3, 0.4) is 0 Å². The van der Waals surface area contributed by atoms with Crippen LogP contribution >= 0.6 is 0 Å². The molecule has 3 unspecified atom stereocenters. The minimum Gasteiger partial charge on any atom is -0.418 e. The Bertz CT molecular complexity index is 504.